The third-order valence-corrected chi connectivity index (χ3v) is 3.77. The normalized spacial score (nSPS) is 10.1. The van der Waals surface area contributed by atoms with E-state index in [9.17, 15) is 4.79 Å². The fourth-order valence-corrected chi connectivity index (χ4v) is 2.34. The van der Waals surface area contributed by atoms with Gasteiger partial charge >= 0.3 is 0 Å². The standard InChI is InChI=1S/C21H19N3O3/c1-3-20(25)23-13-15-7-9-19(22-12-15)16-8-10-21(24-14-16)27-18-6-4-5-17(11-18)26-2/h3-12,14H,1,13H2,2H3,(H,23,25). The van der Waals surface area contributed by atoms with E-state index in [1.807, 2.05) is 36.4 Å². The van der Waals surface area contributed by atoms with Gasteiger partial charge in [0.15, 0.2) is 0 Å². The molecule has 3 aromatic rings. The fraction of sp³-hybridized carbons (Fsp3) is 0.0952. The molecule has 3 rings (SSSR count). The molecule has 0 aliphatic heterocycles. The second kappa shape index (κ2) is 8.62. The smallest absolute Gasteiger partial charge is 0.243 e. The zero-order valence-electron chi connectivity index (χ0n) is 14.9. The number of hydrogen-bond acceptors (Lipinski definition) is 5. The largest absolute Gasteiger partial charge is 0.497 e. The maximum absolute atomic E-state index is 11.2. The molecular weight excluding hydrogens is 342 g/mol. The van der Waals surface area contributed by atoms with Gasteiger partial charge in [-0.1, -0.05) is 18.7 Å². The van der Waals surface area contributed by atoms with Crippen LogP contribution in [0.2, 0.25) is 0 Å². The van der Waals surface area contributed by atoms with Gasteiger partial charge in [0.25, 0.3) is 0 Å². The predicted molar refractivity (Wildman–Crippen MR) is 103 cm³/mol. The van der Waals surface area contributed by atoms with E-state index < -0.39 is 0 Å². The van der Waals surface area contributed by atoms with Crippen LogP contribution >= 0.6 is 0 Å². The molecule has 0 fully saturated rings. The number of ether oxygens (including phenoxy) is 2. The summed E-state index contributed by atoms with van der Waals surface area (Å²) in [5.74, 6) is 1.64. The highest BCUT2D eigenvalue weighted by Gasteiger charge is 2.04. The highest BCUT2D eigenvalue weighted by Crippen LogP contribution is 2.25. The number of amides is 1. The van der Waals surface area contributed by atoms with Crippen LogP contribution in [0, 0.1) is 0 Å². The maximum Gasteiger partial charge on any atom is 0.243 e. The zero-order chi connectivity index (χ0) is 19.1. The quantitative estimate of drug-likeness (QED) is 0.649. The van der Waals surface area contributed by atoms with Gasteiger partial charge in [-0.25, -0.2) is 4.98 Å². The van der Waals surface area contributed by atoms with Gasteiger partial charge in [0.1, 0.15) is 11.5 Å². The number of nitrogens with one attached hydrogen (secondary N) is 1. The Morgan fingerprint density at radius 1 is 1.11 bits per heavy atom. The number of pyridine rings is 2. The average Bonchev–Trinajstić information content (AvgIpc) is 2.73. The van der Waals surface area contributed by atoms with Crippen molar-refractivity contribution >= 4 is 5.91 Å². The number of rotatable bonds is 7. The minimum atomic E-state index is -0.213. The molecule has 0 atom stereocenters. The Morgan fingerprint density at radius 3 is 2.63 bits per heavy atom. The minimum Gasteiger partial charge on any atom is -0.497 e. The SMILES string of the molecule is C=CC(=O)NCc1ccc(-c2ccc(Oc3cccc(OC)c3)nc2)nc1. The van der Waals surface area contributed by atoms with Crippen LogP contribution in [-0.4, -0.2) is 23.0 Å². The number of aromatic nitrogens is 2. The topological polar surface area (TPSA) is 73.3 Å². The van der Waals surface area contributed by atoms with Crippen molar-refractivity contribution in [2.75, 3.05) is 7.11 Å². The summed E-state index contributed by atoms with van der Waals surface area (Å²) in [6.07, 6.45) is 4.67. The van der Waals surface area contributed by atoms with Crippen LogP contribution in [0.15, 0.2) is 73.6 Å². The molecule has 0 unspecified atom stereocenters. The highest BCUT2D eigenvalue weighted by molar-refractivity contribution is 5.86. The van der Waals surface area contributed by atoms with Gasteiger partial charge in [0.2, 0.25) is 11.8 Å². The molecule has 0 aliphatic carbocycles. The molecule has 0 saturated heterocycles. The maximum atomic E-state index is 11.2. The predicted octanol–water partition coefficient (Wildman–Crippen LogP) is 3.75. The first kappa shape index (κ1) is 18.1. The van der Waals surface area contributed by atoms with E-state index in [-0.39, 0.29) is 5.91 Å². The van der Waals surface area contributed by atoms with E-state index >= 15 is 0 Å². The number of hydrogen-bond donors (Lipinski definition) is 1. The lowest BCUT2D eigenvalue weighted by molar-refractivity contribution is -0.116. The van der Waals surface area contributed by atoms with Crippen molar-refractivity contribution in [1.82, 2.24) is 15.3 Å². The molecule has 1 amide bonds. The van der Waals surface area contributed by atoms with Crippen LogP contribution in [0.25, 0.3) is 11.3 Å². The Morgan fingerprint density at radius 2 is 1.96 bits per heavy atom. The number of methoxy groups -OCH3 is 1. The lowest BCUT2D eigenvalue weighted by Crippen LogP contribution is -2.19. The Balaban J connectivity index is 1.66. The Hall–Kier alpha value is -3.67. The fourth-order valence-electron chi connectivity index (χ4n) is 2.34. The summed E-state index contributed by atoms with van der Waals surface area (Å²) in [7, 11) is 1.61. The van der Waals surface area contributed by atoms with Gasteiger partial charge in [-0.15, -0.1) is 0 Å². The van der Waals surface area contributed by atoms with Gasteiger partial charge in [-0.2, -0.15) is 0 Å². The molecular formula is C21H19N3O3. The molecule has 0 bridgehead atoms. The third-order valence-electron chi connectivity index (χ3n) is 3.77. The van der Waals surface area contributed by atoms with E-state index in [4.69, 9.17) is 9.47 Å². The first-order valence-corrected chi connectivity index (χ1v) is 8.31. The van der Waals surface area contributed by atoms with Crippen molar-refractivity contribution in [3.63, 3.8) is 0 Å². The van der Waals surface area contributed by atoms with Crippen molar-refractivity contribution < 1.29 is 14.3 Å². The van der Waals surface area contributed by atoms with E-state index in [0.29, 0.717) is 18.2 Å². The summed E-state index contributed by atoms with van der Waals surface area (Å²) < 4.78 is 10.9. The Kier molecular flexibility index (Phi) is 5.79. The average molecular weight is 361 g/mol. The molecule has 27 heavy (non-hydrogen) atoms. The summed E-state index contributed by atoms with van der Waals surface area (Å²) in [6.45, 7) is 3.82. The van der Waals surface area contributed by atoms with Gasteiger partial charge in [0, 0.05) is 36.6 Å². The van der Waals surface area contributed by atoms with E-state index in [2.05, 4.69) is 21.9 Å². The highest BCUT2D eigenvalue weighted by atomic mass is 16.5. The van der Waals surface area contributed by atoms with Crippen molar-refractivity contribution in [3.05, 3.63) is 79.1 Å². The lowest BCUT2D eigenvalue weighted by Gasteiger charge is -2.07. The molecule has 6 nitrogen and oxygen atoms in total. The van der Waals surface area contributed by atoms with Crippen molar-refractivity contribution in [1.29, 1.82) is 0 Å². The summed E-state index contributed by atoms with van der Waals surface area (Å²) in [5.41, 5.74) is 2.56. The Bertz CT molecular complexity index is 922. The van der Waals surface area contributed by atoms with Gasteiger partial charge in [0.05, 0.1) is 12.8 Å². The summed E-state index contributed by atoms with van der Waals surface area (Å²) >= 11 is 0. The molecule has 2 heterocycles. The van der Waals surface area contributed by atoms with Crippen molar-refractivity contribution in [3.8, 4) is 28.6 Å². The van der Waals surface area contributed by atoms with E-state index in [0.717, 1.165) is 22.6 Å². The third kappa shape index (κ3) is 4.92. The molecule has 1 aromatic carbocycles. The molecule has 0 radical (unpaired) electrons. The summed E-state index contributed by atoms with van der Waals surface area (Å²) in [4.78, 5) is 19.9. The molecule has 2 aromatic heterocycles. The molecule has 0 saturated carbocycles. The van der Waals surface area contributed by atoms with Crippen LogP contribution in [0.5, 0.6) is 17.4 Å². The first-order chi connectivity index (χ1) is 13.2. The zero-order valence-corrected chi connectivity index (χ0v) is 14.9. The minimum absolute atomic E-state index is 0.213. The number of carbonyl (C=O) groups is 1. The number of benzene rings is 1. The summed E-state index contributed by atoms with van der Waals surface area (Å²) in [5, 5.41) is 2.71. The first-order valence-electron chi connectivity index (χ1n) is 8.31. The lowest BCUT2D eigenvalue weighted by atomic mass is 10.1. The monoisotopic (exact) mass is 361 g/mol. The van der Waals surface area contributed by atoms with Crippen molar-refractivity contribution in [2.45, 2.75) is 6.54 Å². The number of nitrogens with zero attached hydrogens (tertiary/aromatic N) is 2. The van der Waals surface area contributed by atoms with Gasteiger partial charge in [-0.05, 0) is 35.9 Å². The molecule has 0 spiro atoms. The second-order valence-electron chi connectivity index (χ2n) is 5.64. The summed E-state index contributed by atoms with van der Waals surface area (Å²) in [6, 6.07) is 14.8. The van der Waals surface area contributed by atoms with Crippen LogP contribution in [0.4, 0.5) is 0 Å². The molecule has 0 aliphatic rings. The second-order valence-corrected chi connectivity index (χ2v) is 5.64. The van der Waals surface area contributed by atoms with Crippen molar-refractivity contribution in [2.24, 2.45) is 0 Å². The van der Waals surface area contributed by atoms with E-state index in [1.54, 1.807) is 31.6 Å². The van der Waals surface area contributed by atoms with Crippen LogP contribution in [0.1, 0.15) is 5.56 Å². The number of carbonyl (C=O) groups excluding carboxylic acids is 1. The van der Waals surface area contributed by atoms with Crippen LogP contribution < -0.4 is 14.8 Å². The van der Waals surface area contributed by atoms with Crippen LogP contribution in [0.3, 0.4) is 0 Å². The van der Waals surface area contributed by atoms with Gasteiger partial charge in [-0.3, -0.25) is 9.78 Å². The molecule has 6 heteroatoms. The van der Waals surface area contributed by atoms with Gasteiger partial charge < -0.3 is 14.8 Å². The van der Waals surface area contributed by atoms with E-state index in [1.165, 1.54) is 6.08 Å². The van der Waals surface area contributed by atoms with Crippen LogP contribution in [-0.2, 0) is 11.3 Å². The molecule has 136 valence electrons. The molecule has 1 N–H and O–H groups in total. The Labute approximate surface area is 157 Å².